The second kappa shape index (κ2) is 4.26. The number of rotatable bonds is 2. The summed E-state index contributed by atoms with van der Waals surface area (Å²) < 4.78 is 12.8. The summed E-state index contributed by atoms with van der Waals surface area (Å²) in [5.74, 6) is -0.166. The van der Waals surface area contributed by atoms with Crippen molar-refractivity contribution in [2.75, 3.05) is 6.67 Å². The van der Waals surface area contributed by atoms with Crippen molar-refractivity contribution in [3.63, 3.8) is 0 Å². The molecule has 0 spiro atoms. The van der Waals surface area contributed by atoms with Gasteiger partial charge >= 0.3 is 0 Å². The van der Waals surface area contributed by atoms with Crippen LogP contribution < -0.4 is 5.73 Å². The predicted molar refractivity (Wildman–Crippen MR) is 53.7 cm³/mol. The van der Waals surface area contributed by atoms with Crippen molar-refractivity contribution in [2.24, 2.45) is 5.73 Å². The molecule has 0 aliphatic rings. The first-order chi connectivity index (χ1) is 6.07. The number of aromatic hydroxyl groups is 1. The number of hydrogen-bond acceptors (Lipinski definition) is 2. The van der Waals surface area contributed by atoms with E-state index in [1.54, 1.807) is 6.07 Å². The Hall–Kier alpha value is -0.320. The summed E-state index contributed by atoms with van der Waals surface area (Å²) in [6.45, 7) is -0.744. The van der Waals surface area contributed by atoms with Gasteiger partial charge in [0.05, 0.1) is 11.1 Å². The van der Waals surface area contributed by atoms with Crippen molar-refractivity contribution < 1.29 is 9.50 Å². The fourth-order valence-electron chi connectivity index (χ4n) is 0.987. The van der Waals surface area contributed by atoms with Crippen LogP contribution in [0.25, 0.3) is 0 Å². The van der Waals surface area contributed by atoms with Crippen LogP contribution in [0.2, 0.25) is 5.02 Å². The maximum Gasteiger partial charge on any atom is 0.140 e. The number of hydrogen-bond donors (Lipinski definition) is 2. The number of nitrogens with two attached hydrogens (primary N) is 1. The number of halogens is 3. The molecule has 72 valence electrons. The normalized spacial score (nSPS) is 12.9. The Morgan fingerprint density at radius 3 is 2.77 bits per heavy atom. The smallest absolute Gasteiger partial charge is 0.140 e. The third kappa shape index (κ3) is 2.13. The van der Waals surface area contributed by atoms with Gasteiger partial charge in [0, 0.05) is 10.0 Å². The van der Waals surface area contributed by atoms with Gasteiger partial charge in [0.2, 0.25) is 0 Å². The third-order valence-electron chi connectivity index (χ3n) is 1.65. The molecule has 2 nitrogen and oxygen atoms in total. The molecule has 0 radical (unpaired) electrons. The van der Waals surface area contributed by atoms with E-state index < -0.39 is 12.7 Å². The van der Waals surface area contributed by atoms with Gasteiger partial charge in [0.25, 0.3) is 0 Å². The van der Waals surface area contributed by atoms with Gasteiger partial charge in [0.1, 0.15) is 12.4 Å². The highest BCUT2D eigenvalue weighted by Crippen LogP contribution is 2.36. The van der Waals surface area contributed by atoms with E-state index in [1.165, 1.54) is 6.07 Å². The average Bonchev–Trinajstić information content (AvgIpc) is 2.12. The topological polar surface area (TPSA) is 46.2 Å². The molecule has 0 heterocycles. The van der Waals surface area contributed by atoms with Crippen LogP contribution in [0.4, 0.5) is 4.39 Å². The van der Waals surface area contributed by atoms with Gasteiger partial charge in [-0.1, -0.05) is 27.5 Å². The van der Waals surface area contributed by atoms with E-state index in [2.05, 4.69) is 15.9 Å². The molecular formula is C8H8BrClFNO. The summed E-state index contributed by atoms with van der Waals surface area (Å²) in [5.41, 5.74) is 5.74. The zero-order valence-corrected chi connectivity index (χ0v) is 8.94. The van der Waals surface area contributed by atoms with E-state index in [-0.39, 0.29) is 10.8 Å². The molecule has 13 heavy (non-hydrogen) atoms. The Bertz CT molecular complexity index is 321. The molecule has 0 aliphatic carbocycles. The second-order valence-corrected chi connectivity index (χ2v) is 3.81. The SMILES string of the molecule is N[C@@H](CF)c1c(Br)ccc(Cl)c1O. The monoisotopic (exact) mass is 267 g/mol. The highest BCUT2D eigenvalue weighted by Gasteiger charge is 2.16. The highest BCUT2D eigenvalue weighted by molar-refractivity contribution is 9.10. The zero-order valence-electron chi connectivity index (χ0n) is 6.60. The lowest BCUT2D eigenvalue weighted by Crippen LogP contribution is -2.13. The molecule has 0 bridgehead atoms. The molecule has 1 aromatic carbocycles. The lowest BCUT2D eigenvalue weighted by Gasteiger charge is -2.12. The van der Waals surface area contributed by atoms with Gasteiger partial charge in [0.15, 0.2) is 0 Å². The van der Waals surface area contributed by atoms with E-state index in [0.29, 0.717) is 10.0 Å². The molecule has 1 atom stereocenters. The van der Waals surface area contributed by atoms with E-state index >= 15 is 0 Å². The van der Waals surface area contributed by atoms with E-state index in [9.17, 15) is 9.50 Å². The molecule has 1 aromatic rings. The minimum atomic E-state index is -0.854. The van der Waals surface area contributed by atoms with Crippen LogP contribution in [0, 0.1) is 0 Å². The zero-order chi connectivity index (χ0) is 10.0. The highest BCUT2D eigenvalue weighted by atomic mass is 79.9. The van der Waals surface area contributed by atoms with Crippen LogP contribution in [-0.2, 0) is 0 Å². The van der Waals surface area contributed by atoms with Crippen LogP contribution in [0.3, 0.4) is 0 Å². The molecule has 0 aliphatic heterocycles. The van der Waals surface area contributed by atoms with Crippen LogP contribution in [-0.4, -0.2) is 11.8 Å². The van der Waals surface area contributed by atoms with Crippen LogP contribution in [0.1, 0.15) is 11.6 Å². The molecule has 1 rings (SSSR count). The van der Waals surface area contributed by atoms with Gasteiger partial charge in [-0.2, -0.15) is 0 Å². The van der Waals surface area contributed by atoms with E-state index in [4.69, 9.17) is 17.3 Å². The van der Waals surface area contributed by atoms with Crippen molar-refractivity contribution in [3.05, 3.63) is 27.2 Å². The minimum absolute atomic E-state index is 0.166. The maximum atomic E-state index is 12.3. The molecule has 5 heteroatoms. The van der Waals surface area contributed by atoms with Crippen molar-refractivity contribution in [3.8, 4) is 5.75 Å². The Kier molecular flexibility index (Phi) is 3.53. The first-order valence-corrected chi connectivity index (χ1v) is 4.73. The quantitative estimate of drug-likeness (QED) is 0.866. The Balaban J connectivity index is 3.25. The van der Waals surface area contributed by atoms with E-state index in [1.807, 2.05) is 0 Å². The van der Waals surface area contributed by atoms with Crippen LogP contribution in [0.5, 0.6) is 5.75 Å². The minimum Gasteiger partial charge on any atom is -0.506 e. The molecule has 0 unspecified atom stereocenters. The molecule has 0 amide bonds. The summed E-state index contributed by atoms with van der Waals surface area (Å²) in [4.78, 5) is 0. The second-order valence-electron chi connectivity index (χ2n) is 2.55. The van der Waals surface area contributed by atoms with Crippen LogP contribution >= 0.6 is 27.5 Å². The Morgan fingerprint density at radius 2 is 2.23 bits per heavy atom. The van der Waals surface area contributed by atoms with Gasteiger partial charge in [-0.3, -0.25) is 0 Å². The summed E-state index contributed by atoms with van der Waals surface area (Å²) >= 11 is 8.80. The summed E-state index contributed by atoms with van der Waals surface area (Å²) in [6, 6.07) is 2.27. The first kappa shape index (κ1) is 10.8. The van der Waals surface area contributed by atoms with Crippen molar-refractivity contribution in [1.29, 1.82) is 0 Å². The predicted octanol–water partition coefficient (Wildman–Crippen LogP) is 2.78. The summed E-state index contributed by atoms with van der Waals surface area (Å²) in [7, 11) is 0. The number of phenolic OH excluding ortho intramolecular Hbond substituents is 1. The van der Waals surface area contributed by atoms with Crippen molar-refractivity contribution in [2.45, 2.75) is 6.04 Å². The van der Waals surface area contributed by atoms with Crippen LogP contribution in [0.15, 0.2) is 16.6 Å². The molecular weight excluding hydrogens is 260 g/mol. The Labute approximate surface area is 88.6 Å². The Morgan fingerprint density at radius 1 is 1.62 bits per heavy atom. The van der Waals surface area contributed by atoms with Crippen molar-refractivity contribution in [1.82, 2.24) is 0 Å². The molecule has 0 saturated carbocycles. The third-order valence-corrected chi connectivity index (χ3v) is 2.65. The van der Waals surface area contributed by atoms with Gasteiger partial charge < -0.3 is 10.8 Å². The number of benzene rings is 1. The van der Waals surface area contributed by atoms with Crippen molar-refractivity contribution >= 4 is 27.5 Å². The number of phenols is 1. The first-order valence-electron chi connectivity index (χ1n) is 3.56. The summed E-state index contributed by atoms with van der Waals surface area (Å²) in [5, 5.41) is 9.64. The molecule has 3 N–H and O–H groups in total. The average molecular weight is 269 g/mol. The fraction of sp³-hybridized carbons (Fsp3) is 0.250. The maximum absolute atomic E-state index is 12.3. The van der Waals surface area contributed by atoms with E-state index in [0.717, 1.165) is 0 Å². The summed E-state index contributed by atoms with van der Waals surface area (Å²) in [6.07, 6.45) is 0. The molecule has 0 saturated heterocycles. The largest absolute Gasteiger partial charge is 0.506 e. The van der Waals surface area contributed by atoms with Gasteiger partial charge in [-0.05, 0) is 12.1 Å². The molecule has 0 fully saturated rings. The number of alkyl halides is 1. The van der Waals surface area contributed by atoms with Gasteiger partial charge in [-0.25, -0.2) is 4.39 Å². The molecule has 0 aromatic heterocycles. The lowest BCUT2D eigenvalue weighted by atomic mass is 10.1. The standard InChI is InChI=1S/C8H8BrClFNO/c9-4-1-2-5(10)8(13)7(4)6(12)3-11/h1-2,6,13H,3,12H2/t6-/m0/s1. The van der Waals surface area contributed by atoms with Gasteiger partial charge in [-0.15, -0.1) is 0 Å². The lowest BCUT2D eigenvalue weighted by molar-refractivity contribution is 0.413. The fourth-order valence-corrected chi connectivity index (χ4v) is 1.77.